The SMILES string of the molecule is CCC(C)(C)C(=O)OC1C2CC3C(=O)OC1C3O2.CCC(C)(C)C(=O)OC1CCOC1=O.CCC1(OC(=O)C(C)(C)CC)CCCC1. The minimum atomic E-state index is -0.687. The smallest absolute Gasteiger partial charge is 0.347 e. The van der Waals surface area contributed by atoms with E-state index in [9.17, 15) is 24.0 Å². The molecule has 5 rings (SSSR count). The Morgan fingerprint density at radius 1 is 0.766 bits per heavy atom. The van der Waals surface area contributed by atoms with E-state index in [-0.39, 0.29) is 53.0 Å². The van der Waals surface area contributed by atoms with Crippen LogP contribution in [0.4, 0.5) is 0 Å². The molecule has 268 valence electrons. The fourth-order valence-electron chi connectivity index (χ4n) is 5.85. The summed E-state index contributed by atoms with van der Waals surface area (Å²) in [5.41, 5.74) is -1.50. The Labute approximate surface area is 280 Å². The van der Waals surface area contributed by atoms with E-state index in [1.807, 2.05) is 48.5 Å². The molecule has 0 N–H and O–H groups in total. The minimum Gasteiger partial charge on any atom is -0.463 e. The Morgan fingerprint density at radius 2 is 1.30 bits per heavy atom. The molecule has 0 aromatic rings. The quantitative estimate of drug-likeness (QED) is 0.200. The van der Waals surface area contributed by atoms with E-state index in [1.165, 1.54) is 12.8 Å². The van der Waals surface area contributed by atoms with Gasteiger partial charge in [0.1, 0.15) is 11.7 Å². The van der Waals surface area contributed by atoms with E-state index in [1.54, 1.807) is 13.8 Å². The molecular weight excluding hydrogens is 608 g/mol. The van der Waals surface area contributed by atoms with Crippen LogP contribution in [0.25, 0.3) is 0 Å². The van der Waals surface area contributed by atoms with Crippen molar-refractivity contribution in [3.8, 4) is 0 Å². The third kappa shape index (κ3) is 8.86. The van der Waals surface area contributed by atoms with Crippen molar-refractivity contribution in [2.45, 2.75) is 170 Å². The summed E-state index contributed by atoms with van der Waals surface area (Å²) in [6.07, 6.45) is 6.92. The number of rotatable bonds is 10. The van der Waals surface area contributed by atoms with Gasteiger partial charge in [0.15, 0.2) is 12.2 Å². The second kappa shape index (κ2) is 15.2. The summed E-state index contributed by atoms with van der Waals surface area (Å²) >= 11 is 0. The summed E-state index contributed by atoms with van der Waals surface area (Å²) in [5.74, 6) is -1.37. The van der Waals surface area contributed by atoms with Crippen molar-refractivity contribution < 1.29 is 52.4 Å². The van der Waals surface area contributed by atoms with Crippen molar-refractivity contribution in [3.05, 3.63) is 0 Å². The molecule has 5 fully saturated rings. The fraction of sp³-hybridized carbons (Fsp3) is 0.861. The molecular formula is C36H58O11. The summed E-state index contributed by atoms with van der Waals surface area (Å²) in [7, 11) is 0. The zero-order chi connectivity index (χ0) is 35.4. The van der Waals surface area contributed by atoms with E-state index < -0.39 is 35.1 Å². The largest absolute Gasteiger partial charge is 0.463 e. The number of hydrogen-bond donors (Lipinski definition) is 0. The first kappa shape index (κ1) is 38.8. The van der Waals surface area contributed by atoms with Gasteiger partial charge in [-0.2, -0.15) is 0 Å². The van der Waals surface area contributed by atoms with Crippen LogP contribution in [-0.2, 0) is 52.4 Å². The van der Waals surface area contributed by atoms with Gasteiger partial charge in [0.2, 0.25) is 6.10 Å². The molecule has 4 aliphatic heterocycles. The molecule has 2 bridgehead atoms. The van der Waals surface area contributed by atoms with Crippen LogP contribution in [0.15, 0.2) is 0 Å². The van der Waals surface area contributed by atoms with Gasteiger partial charge in [-0.05, 0) is 99.3 Å². The maximum atomic E-state index is 12.1. The van der Waals surface area contributed by atoms with E-state index in [4.69, 9.17) is 28.4 Å². The summed E-state index contributed by atoms with van der Waals surface area (Å²) in [5, 5.41) is 0. The number of fused-ring (bicyclic) bond motifs is 1. The Balaban J connectivity index is 0.000000194. The lowest BCUT2D eigenvalue weighted by Gasteiger charge is -2.32. The maximum absolute atomic E-state index is 12.1. The van der Waals surface area contributed by atoms with Gasteiger partial charge in [0.25, 0.3) is 0 Å². The lowest BCUT2D eigenvalue weighted by atomic mass is 9.87. The van der Waals surface area contributed by atoms with Gasteiger partial charge >= 0.3 is 29.8 Å². The Kier molecular flexibility index (Phi) is 12.6. The lowest BCUT2D eigenvalue weighted by molar-refractivity contribution is -0.170. The molecule has 6 atom stereocenters. The van der Waals surface area contributed by atoms with Gasteiger partial charge in [0, 0.05) is 6.42 Å². The molecule has 5 aliphatic rings. The molecule has 0 spiro atoms. The van der Waals surface area contributed by atoms with Gasteiger partial charge in [-0.25, -0.2) is 4.79 Å². The summed E-state index contributed by atoms with van der Waals surface area (Å²) < 4.78 is 32.0. The molecule has 1 aliphatic carbocycles. The number of carbonyl (C=O) groups is 5. The first-order valence-corrected chi connectivity index (χ1v) is 17.5. The molecule has 0 radical (unpaired) electrons. The maximum Gasteiger partial charge on any atom is 0.347 e. The molecule has 4 heterocycles. The Bertz CT molecular complexity index is 1150. The number of ether oxygens (including phenoxy) is 6. The number of esters is 5. The lowest BCUT2D eigenvalue weighted by Crippen LogP contribution is -2.42. The highest BCUT2D eigenvalue weighted by atomic mass is 16.7. The summed E-state index contributed by atoms with van der Waals surface area (Å²) in [6.45, 7) is 19.6. The Hall–Kier alpha value is -2.69. The van der Waals surface area contributed by atoms with Crippen LogP contribution in [0.3, 0.4) is 0 Å². The molecule has 4 saturated heterocycles. The predicted octanol–water partition coefficient (Wildman–Crippen LogP) is 6.02. The average molecular weight is 667 g/mol. The standard InChI is InChI=1S/C13H18O5.C13H24O2.C10H16O4/c1-4-13(2,3)12(15)18-9-7-5-6-8(16-7)10(9)17-11(6)14;1-5-12(3,4)11(14)15-13(6-2)9-7-8-10-13;1-4-10(2,3)9(12)14-7-5-6-13-8(7)11/h6-10H,4-5H2,1-3H3;5-10H2,1-4H3;7H,4-6H2,1-3H3. The summed E-state index contributed by atoms with van der Waals surface area (Å²) in [6, 6.07) is 0. The predicted molar refractivity (Wildman–Crippen MR) is 172 cm³/mol. The van der Waals surface area contributed by atoms with Crippen LogP contribution in [-0.4, -0.2) is 72.6 Å². The second-order valence-electron chi connectivity index (χ2n) is 15.4. The Morgan fingerprint density at radius 3 is 1.79 bits per heavy atom. The van der Waals surface area contributed by atoms with Crippen LogP contribution >= 0.6 is 0 Å². The molecule has 6 unspecified atom stereocenters. The van der Waals surface area contributed by atoms with Crippen LogP contribution in [0.1, 0.15) is 133 Å². The van der Waals surface area contributed by atoms with Crippen molar-refractivity contribution in [2.75, 3.05) is 6.61 Å². The third-order valence-corrected chi connectivity index (χ3v) is 10.9. The minimum absolute atomic E-state index is 0.0197. The monoisotopic (exact) mass is 666 g/mol. The van der Waals surface area contributed by atoms with E-state index in [0.29, 0.717) is 32.3 Å². The summed E-state index contributed by atoms with van der Waals surface area (Å²) in [4.78, 5) is 58.2. The van der Waals surface area contributed by atoms with E-state index in [0.717, 1.165) is 25.7 Å². The number of hydrogen-bond acceptors (Lipinski definition) is 11. The topological polar surface area (TPSA) is 141 Å². The van der Waals surface area contributed by atoms with Crippen LogP contribution in [0, 0.1) is 22.2 Å². The average Bonchev–Trinajstić information content (AvgIpc) is 3.86. The number of carbonyl (C=O) groups excluding carboxylic acids is 5. The van der Waals surface area contributed by atoms with Crippen molar-refractivity contribution in [1.82, 2.24) is 0 Å². The molecule has 47 heavy (non-hydrogen) atoms. The zero-order valence-corrected chi connectivity index (χ0v) is 30.2. The molecule has 0 aromatic heterocycles. The van der Waals surface area contributed by atoms with Gasteiger partial charge in [0.05, 0.1) is 34.9 Å². The molecule has 11 heteroatoms. The second-order valence-corrected chi connectivity index (χ2v) is 15.4. The first-order chi connectivity index (χ1) is 21.9. The molecule has 0 amide bonds. The van der Waals surface area contributed by atoms with E-state index in [2.05, 4.69) is 6.92 Å². The fourth-order valence-corrected chi connectivity index (χ4v) is 5.85. The third-order valence-electron chi connectivity index (χ3n) is 10.9. The zero-order valence-electron chi connectivity index (χ0n) is 30.2. The molecule has 11 nitrogen and oxygen atoms in total. The van der Waals surface area contributed by atoms with Crippen molar-refractivity contribution >= 4 is 29.8 Å². The van der Waals surface area contributed by atoms with E-state index >= 15 is 0 Å². The van der Waals surface area contributed by atoms with Crippen LogP contribution in [0.5, 0.6) is 0 Å². The highest BCUT2D eigenvalue weighted by molar-refractivity contribution is 5.83. The van der Waals surface area contributed by atoms with Crippen LogP contribution < -0.4 is 0 Å². The van der Waals surface area contributed by atoms with Crippen molar-refractivity contribution in [1.29, 1.82) is 0 Å². The van der Waals surface area contributed by atoms with Crippen LogP contribution in [0.2, 0.25) is 0 Å². The van der Waals surface area contributed by atoms with Gasteiger partial charge in [-0.3, -0.25) is 19.2 Å². The normalized spacial score (nSPS) is 28.7. The number of cyclic esters (lactones) is 1. The van der Waals surface area contributed by atoms with Gasteiger partial charge in [-0.15, -0.1) is 0 Å². The molecule has 1 saturated carbocycles. The molecule has 0 aromatic carbocycles. The van der Waals surface area contributed by atoms with Crippen molar-refractivity contribution in [3.63, 3.8) is 0 Å². The van der Waals surface area contributed by atoms with Gasteiger partial charge < -0.3 is 28.4 Å². The van der Waals surface area contributed by atoms with Gasteiger partial charge in [-0.1, -0.05) is 27.7 Å². The highest BCUT2D eigenvalue weighted by Crippen LogP contribution is 2.48. The van der Waals surface area contributed by atoms with Crippen molar-refractivity contribution in [2.24, 2.45) is 22.2 Å². The highest BCUT2D eigenvalue weighted by Gasteiger charge is 2.65. The first-order valence-electron chi connectivity index (χ1n) is 17.5.